The van der Waals surface area contributed by atoms with Crippen molar-refractivity contribution in [3.63, 3.8) is 0 Å². The summed E-state index contributed by atoms with van der Waals surface area (Å²) in [5, 5.41) is 0. The Morgan fingerprint density at radius 1 is 0.254 bits per heavy atom. The van der Waals surface area contributed by atoms with Gasteiger partial charge in [0.1, 0.15) is 0 Å². The molecule has 10 aromatic carbocycles. The summed E-state index contributed by atoms with van der Waals surface area (Å²) in [5.41, 5.74) is 22.8. The minimum Gasteiger partial charge on any atom is -0.311 e. The van der Waals surface area contributed by atoms with Crippen LogP contribution in [0.2, 0.25) is 0 Å². The number of fused-ring (bicyclic) bond motifs is 4. The van der Waals surface area contributed by atoms with Gasteiger partial charge < -0.3 is 9.80 Å². The van der Waals surface area contributed by atoms with Gasteiger partial charge in [-0.15, -0.1) is 0 Å². The molecule has 0 fully saturated rings. The van der Waals surface area contributed by atoms with Crippen LogP contribution in [-0.4, -0.2) is 6.71 Å². The Morgan fingerprint density at radius 3 is 1.30 bits per heavy atom. The molecule has 10 aromatic rings. The second-order valence-electron chi connectivity index (χ2n) is 16.4. The van der Waals surface area contributed by atoms with Crippen LogP contribution >= 0.6 is 0 Å². The molecule has 3 heteroatoms. The minimum atomic E-state index is -0.0788. The van der Waals surface area contributed by atoms with Gasteiger partial charge in [0, 0.05) is 39.6 Å². The summed E-state index contributed by atoms with van der Waals surface area (Å²) >= 11 is 0. The van der Waals surface area contributed by atoms with Gasteiger partial charge in [0.15, 0.2) is 0 Å². The maximum absolute atomic E-state index is 2.59. The van der Waals surface area contributed by atoms with E-state index in [0.717, 1.165) is 11.4 Å². The first-order valence-corrected chi connectivity index (χ1v) is 21.8. The van der Waals surface area contributed by atoms with Gasteiger partial charge >= 0.3 is 0 Å². The van der Waals surface area contributed by atoms with E-state index < -0.39 is 0 Å². The van der Waals surface area contributed by atoms with E-state index in [0.29, 0.717) is 0 Å². The van der Waals surface area contributed by atoms with Gasteiger partial charge in [-0.2, -0.15) is 0 Å². The van der Waals surface area contributed by atoms with Gasteiger partial charge in [0.2, 0.25) is 0 Å². The molecule has 2 aliphatic rings. The summed E-state index contributed by atoms with van der Waals surface area (Å²) in [7, 11) is 0. The van der Waals surface area contributed by atoms with E-state index in [4.69, 9.17) is 0 Å². The van der Waals surface area contributed by atoms with E-state index in [1.807, 2.05) is 0 Å². The Balaban J connectivity index is 1.22. The van der Waals surface area contributed by atoms with Crippen molar-refractivity contribution in [3.05, 3.63) is 249 Å². The largest absolute Gasteiger partial charge is 0.311 e. The van der Waals surface area contributed by atoms with Gasteiger partial charge in [0.05, 0.1) is 5.69 Å². The molecule has 63 heavy (non-hydrogen) atoms. The van der Waals surface area contributed by atoms with E-state index in [1.165, 1.54) is 94.8 Å². The lowest BCUT2D eigenvalue weighted by Crippen LogP contribution is -2.62. The Kier molecular flexibility index (Phi) is 8.97. The molecule has 0 aliphatic carbocycles. The molecule has 0 saturated carbocycles. The SMILES string of the molecule is c1ccc(-c2ccc(N3c4cccc(-c5ccccc5)c4B4c5cccc(-c6ccccc6)c5N(c5ccccc5-c5ccccc5)c5cc(-c6ccccc6)cc3c54)cc2)cc1. The molecule has 2 heterocycles. The highest BCUT2D eigenvalue weighted by atomic mass is 15.2. The molecule has 0 saturated heterocycles. The zero-order valence-corrected chi connectivity index (χ0v) is 34.6. The number of para-hydroxylation sites is 2. The maximum atomic E-state index is 2.59. The normalized spacial score (nSPS) is 12.3. The Hall–Kier alpha value is -8.14. The molecule has 0 radical (unpaired) electrons. The molecular weight excluding hydrogens is 759 g/mol. The average molecular weight is 801 g/mol. The second-order valence-corrected chi connectivity index (χ2v) is 16.4. The van der Waals surface area contributed by atoms with E-state index in [2.05, 4.69) is 259 Å². The molecule has 2 nitrogen and oxygen atoms in total. The smallest absolute Gasteiger partial charge is 0.252 e. The summed E-state index contributed by atoms with van der Waals surface area (Å²) in [6.07, 6.45) is 0. The first-order chi connectivity index (χ1) is 31.3. The Bertz CT molecular complexity index is 3260. The minimum absolute atomic E-state index is 0.0788. The van der Waals surface area contributed by atoms with Gasteiger partial charge in [-0.25, -0.2) is 0 Å². The summed E-state index contributed by atoms with van der Waals surface area (Å²) < 4.78 is 0. The molecule has 0 amide bonds. The summed E-state index contributed by atoms with van der Waals surface area (Å²) in [6.45, 7) is -0.0788. The van der Waals surface area contributed by atoms with Crippen molar-refractivity contribution >= 4 is 57.2 Å². The predicted molar refractivity (Wildman–Crippen MR) is 268 cm³/mol. The third-order valence-corrected chi connectivity index (χ3v) is 12.9. The summed E-state index contributed by atoms with van der Waals surface area (Å²) in [6, 6.07) is 91.1. The first-order valence-electron chi connectivity index (χ1n) is 21.8. The first kappa shape index (κ1) is 36.7. The molecule has 2 aliphatic heterocycles. The number of nitrogens with zero attached hydrogens (tertiary/aromatic N) is 2. The number of anilines is 6. The zero-order valence-electron chi connectivity index (χ0n) is 34.6. The molecule has 0 aromatic heterocycles. The van der Waals surface area contributed by atoms with E-state index in [-0.39, 0.29) is 6.71 Å². The number of benzene rings is 10. The van der Waals surface area contributed by atoms with Gasteiger partial charge in [-0.05, 0) is 97.3 Å². The van der Waals surface area contributed by atoms with Gasteiger partial charge in [-0.3, -0.25) is 0 Å². The van der Waals surface area contributed by atoms with Crippen LogP contribution in [0.4, 0.5) is 34.1 Å². The topological polar surface area (TPSA) is 6.48 Å². The third kappa shape index (κ3) is 6.20. The van der Waals surface area contributed by atoms with Crippen molar-refractivity contribution in [1.82, 2.24) is 0 Å². The van der Waals surface area contributed by atoms with Crippen LogP contribution in [0, 0.1) is 0 Å². The molecule has 0 spiro atoms. The molecule has 294 valence electrons. The molecule has 0 unspecified atom stereocenters. The van der Waals surface area contributed by atoms with Crippen LogP contribution in [-0.2, 0) is 0 Å². The fraction of sp³-hybridized carbons (Fsp3) is 0. The van der Waals surface area contributed by atoms with Gasteiger partial charge in [0.25, 0.3) is 6.71 Å². The molecule has 12 rings (SSSR count). The molecule has 0 N–H and O–H groups in total. The highest BCUT2D eigenvalue weighted by Gasteiger charge is 2.46. The quantitative estimate of drug-likeness (QED) is 0.148. The van der Waals surface area contributed by atoms with Gasteiger partial charge in [-0.1, -0.05) is 212 Å². The van der Waals surface area contributed by atoms with Crippen LogP contribution in [0.3, 0.4) is 0 Å². The van der Waals surface area contributed by atoms with Crippen molar-refractivity contribution < 1.29 is 0 Å². The standard InChI is InChI=1S/C60H41BN2/c1-6-20-42(21-7-1)44-36-38-49(39-37-44)62-55-35-19-31-51(46-26-12-4-13-27-46)58(55)61-53-33-18-32-52(47-28-14-5-15-29-47)60(53)63(54-34-17-16-30-50(54)45-24-10-3-11-25-45)57-41-48(40-56(62)59(57)61)43-22-8-2-9-23-43/h1-41H. The van der Waals surface area contributed by atoms with Crippen molar-refractivity contribution in [1.29, 1.82) is 0 Å². The van der Waals surface area contributed by atoms with Crippen LogP contribution in [0.5, 0.6) is 0 Å². The van der Waals surface area contributed by atoms with E-state index in [9.17, 15) is 0 Å². The number of rotatable bonds is 7. The fourth-order valence-electron chi connectivity index (χ4n) is 10.1. The summed E-state index contributed by atoms with van der Waals surface area (Å²) in [5.74, 6) is 0. The Morgan fingerprint density at radius 2 is 0.683 bits per heavy atom. The highest BCUT2D eigenvalue weighted by molar-refractivity contribution is 7.01. The van der Waals surface area contributed by atoms with Crippen molar-refractivity contribution in [2.45, 2.75) is 0 Å². The van der Waals surface area contributed by atoms with Crippen LogP contribution < -0.4 is 26.2 Å². The van der Waals surface area contributed by atoms with Crippen LogP contribution in [0.25, 0.3) is 55.6 Å². The number of hydrogen-bond donors (Lipinski definition) is 0. The van der Waals surface area contributed by atoms with Crippen molar-refractivity contribution in [2.24, 2.45) is 0 Å². The number of hydrogen-bond acceptors (Lipinski definition) is 2. The van der Waals surface area contributed by atoms with E-state index in [1.54, 1.807) is 0 Å². The zero-order chi connectivity index (χ0) is 41.7. The molecule has 0 bridgehead atoms. The lowest BCUT2D eigenvalue weighted by molar-refractivity contribution is 1.25. The predicted octanol–water partition coefficient (Wildman–Crippen LogP) is 14.1. The third-order valence-electron chi connectivity index (χ3n) is 12.9. The average Bonchev–Trinajstić information content (AvgIpc) is 3.37. The molecule has 0 atom stereocenters. The fourth-order valence-corrected chi connectivity index (χ4v) is 10.1. The van der Waals surface area contributed by atoms with Crippen molar-refractivity contribution in [3.8, 4) is 55.6 Å². The Labute approximate surface area is 369 Å². The lowest BCUT2D eigenvalue weighted by Gasteiger charge is -2.46. The summed E-state index contributed by atoms with van der Waals surface area (Å²) in [4.78, 5) is 5.13. The monoisotopic (exact) mass is 800 g/mol. The molecular formula is C60H41BN2. The van der Waals surface area contributed by atoms with Crippen molar-refractivity contribution in [2.75, 3.05) is 9.80 Å². The van der Waals surface area contributed by atoms with Crippen LogP contribution in [0.15, 0.2) is 249 Å². The maximum Gasteiger partial charge on any atom is 0.252 e. The van der Waals surface area contributed by atoms with Crippen LogP contribution in [0.1, 0.15) is 0 Å². The second kappa shape index (κ2) is 15.4. The van der Waals surface area contributed by atoms with E-state index >= 15 is 0 Å². The lowest BCUT2D eigenvalue weighted by atomic mass is 9.32. The highest BCUT2D eigenvalue weighted by Crippen LogP contribution is 2.50.